The average Bonchev–Trinajstić information content (AvgIpc) is 2.54. The summed E-state index contributed by atoms with van der Waals surface area (Å²) in [6.07, 6.45) is 0. The van der Waals surface area contributed by atoms with Gasteiger partial charge in [-0.25, -0.2) is 8.42 Å². The second kappa shape index (κ2) is 6.42. The zero-order chi connectivity index (χ0) is 16.3. The van der Waals surface area contributed by atoms with Crippen LogP contribution in [0.5, 0.6) is 5.75 Å². The lowest BCUT2D eigenvalue weighted by molar-refractivity contribution is 0.414. The molecule has 0 aliphatic carbocycles. The molecule has 0 aliphatic heterocycles. The number of rotatable bonds is 5. The monoisotopic (exact) mass is 326 g/mol. The summed E-state index contributed by atoms with van der Waals surface area (Å²) >= 11 is 0. The third kappa shape index (κ3) is 3.71. The Bertz CT molecular complexity index is 925. The van der Waals surface area contributed by atoms with E-state index in [2.05, 4.69) is 0 Å². The van der Waals surface area contributed by atoms with Crippen molar-refractivity contribution in [3.63, 3.8) is 0 Å². The summed E-state index contributed by atoms with van der Waals surface area (Å²) in [6, 6.07) is 20.8. The van der Waals surface area contributed by atoms with Crippen molar-refractivity contribution >= 4 is 20.6 Å². The Morgan fingerprint density at radius 3 is 2.43 bits per heavy atom. The molecule has 0 aromatic heterocycles. The van der Waals surface area contributed by atoms with Gasteiger partial charge in [0.25, 0.3) is 0 Å². The molecule has 0 aliphatic rings. The van der Waals surface area contributed by atoms with Crippen molar-refractivity contribution in [1.82, 2.24) is 0 Å². The van der Waals surface area contributed by atoms with Gasteiger partial charge < -0.3 is 4.74 Å². The molecule has 0 radical (unpaired) electrons. The molecule has 0 saturated heterocycles. The Labute approximate surface area is 136 Å². The standard InChI is InChI=1S/C19H18O3S/c1-22-18-10-4-6-15(12-18)13-23(20,21)14-17-9-5-8-16-7-2-3-11-19(16)17/h2-12H,13-14H2,1H3. The van der Waals surface area contributed by atoms with Crippen molar-refractivity contribution in [2.75, 3.05) is 7.11 Å². The van der Waals surface area contributed by atoms with E-state index in [0.717, 1.165) is 21.9 Å². The molecule has 3 aromatic carbocycles. The quantitative estimate of drug-likeness (QED) is 0.713. The highest BCUT2D eigenvalue weighted by molar-refractivity contribution is 7.89. The SMILES string of the molecule is COc1cccc(CS(=O)(=O)Cc2cccc3ccccc23)c1. The Morgan fingerprint density at radius 2 is 1.61 bits per heavy atom. The van der Waals surface area contributed by atoms with Crippen LogP contribution < -0.4 is 4.74 Å². The molecule has 0 N–H and O–H groups in total. The van der Waals surface area contributed by atoms with Gasteiger partial charge in [-0.3, -0.25) is 0 Å². The van der Waals surface area contributed by atoms with Crippen LogP contribution in [0.1, 0.15) is 11.1 Å². The fraction of sp³-hybridized carbons (Fsp3) is 0.158. The fourth-order valence-electron chi connectivity index (χ4n) is 2.72. The Kier molecular flexibility index (Phi) is 4.35. The molecular formula is C19H18O3S. The number of fused-ring (bicyclic) bond motifs is 1. The molecule has 3 rings (SSSR count). The van der Waals surface area contributed by atoms with Crippen molar-refractivity contribution in [3.05, 3.63) is 77.9 Å². The maximum Gasteiger partial charge on any atom is 0.158 e. The van der Waals surface area contributed by atoms with Gasteiger partial charge in [0.2, 0.25) is 0 Å². The zero-order valence-electron chi connectivity index (χ0n) is 12.9. The fourth-order valence-corrected chi connectivity index (χ4v) is 4.24. The zero-order valence-corrected chi connectivity index (χ0v) is 13.7. The molecule has 0 atom stereocenters. The molecule has 0 fully saturated rings. The van der Waals surface area contributed by atoms with Crippen molar-refractivity contribution in [3.8, 4) is 5.75 Å². The van der Waals surface area contributed by atoms with Gasteiger partial charge in [0, 0.05) is 0 Å². The number of hydrogen-bond acceptors (Lipinski definition) is 3. The Morgan fingerprint density at radius 1 is 0.870 bits per heavy atom. The van der Waals surface area contributed by atoms with Gasteiger partial charge in [-0.2, -0.15) is 0 Å². The molecule has 0 amide bonds. The van der Waals surface area contributed by atoms with Crippen molar-refractivity contribution in [2.24, 2.45) is 0 Å². The lowest BCUT2D eigenvalue weighted by atomic mass is 10.1. The van der Waals surface area contributed by atoms with Crippen LogP contribution in [0.4, 0.5) is 0 Å². The first-order chi connectivity index (χ1) is 11.1. The summed E-state index contributed by atoms with van der Waals surface area (Å²) < 4.78 is 30.3. The van der Waals surface area contributed by atoms with E-state index in [0.29, 0.717) is 5.75 Å². The number of hydrogen-bond donors (Lipinski definition) is 0. The minimum absolute atomic E-state index is 0.00736. The third-order valence-electron chi connectivity index (χ3n) is 3.78. The minimum Gasteiger partial charge on any atom is -0.497 e. The Balaban J connectivity index is 1.88. The third-order valence-corrected chi connectivity index (χ3v) is 5.30. The highest BCUT2D eigenvalue weighted by Crippen LogP contribution is 2.22. The van der Waals surface area contributed by atoms with Gasteiger partial charge in [-0.1, -0.05) is 54.6 Å². The Hall–Kier alpha value is -2.33. The highest BCUT2D eigenvalue weighted by atomic mass is 32.2. The van der Waals surface area contributed by atoms with E-state index in [4.69, 9.17) is 4.74 Å². The van der Waals surface area contributed by atoms with Crippen LogP contribution in [0.2, 0.25) is 0 Å². The van der Waals surface area contributed by atoms with Crippen LogP contribution in [-0.4, -0.2) is 15.5 Å². The molecule has 3 aromatic rings. The number of benzene rings is 3. The van der Waals surface area contributed by atoms with E-state index in [9.17, 15) is 8.42 Å². The molecule has 23 heavy (non-hydrogen) atoms. The normalized spacial score (nSPS) is 11.5. The first-order valence-corrected chi connectivity index (χ1v) is 9.19. The van der Waals surface area contributed by atoms with E-state index in [-0.39, 0.29) is 11.5 Å². The largest absolute Gasteiger partial charge is 0.497 e. The second-order valence-electron chi connectivity index (χ2n) is 5.52. The van der Waals surface area contributed by atoms with Crippen LogP contribution >= 0.6 is 0 Å². The van der Waals surface area contributed by atoms with Crippen molar-refractivity contribution in [1.29, 1.82) is 0 Å². The number of sulfone groups is 1. The van der Waals surface area contributed by atoms with Gasteiger partial charge in [-0.15, -0.1) is 0 Å². The minimum atomic E-state index is -3.26. The van der Waals surface area contributed by atoms with Gasteiger partial charge in [-0.05, 0) is 34.0 Å². The van der Waals surface area contributed by atoms with Gasteiger partial charge >= 0.3 is 0 Å². The summed E-state index contributed by atoms with van der Waals surface area (Å²) in [7, 11) is -1.69. The summed E-state index contributed by atoms with van der Waals surface area (Å²) in [5, 5.41) is 2.05. The highest BCUT2D eigenvalue weighted by Gasteiger charge is 2.15. The first-order valence-electron chi connectivity index (χ1n) is 7.37. The van der Waals surface area contributed by atoms with Gasteiger partial charge in [0.05, 0.1) is 18.6 Å². The lowest BCUT2D eigenvalue weighted by Crippen LogP contribution is -2.08. The van der Waals surface area contributed by atoms with E-state index >= 15 is 0 Å². The molecular weight excluding hydrogens is 308 g/mol. The maximum atomic E-state index is 12.6. The van der Waals surface area contributed by atoms with Crippen LogP contribution in [-0.2, 0) is 21.3 Å². The predicted octanol–water partition coefficient (Wildman–Crippen LogP) is 3.96. The second-order valence-corrected chi connectivity index (χ2v) is 7.59. The summed E-state index contributed by atoms with van der Waals surface area (Å²) in [5.41, 5.74) is 1.58. The topological polar surface area (TPSA) is 43.4 Å². The van der Waals surface area contributed by atoms with Crippen LogP contribution in [0.3, 0.4) is 0 Å². The van der Waals surface area contributed by atoms with Crippen molar-refractivity contribution < 1.29 is 13.2 Å². The van der Waals surface area contributed by atoms with Gasteiger partial charge in [0.15, 0.2) is 9.84 Å². The number of ether oxygens (including phenoxy) is 1. The lowest BCUT2D eigenvalue weighted by Gasteiger charge is -2.09. The number of methoxy groups -OCH3 is 1. The van der Waals surface area contributed by atoms with E-state index in [1.165, 1.54) is 0 Å². The van der Waals surface area contributed by atoms with Crippen LogP contribution in [0, 0.1) is 0 Å². The summed E-state index contributed by atoms with van der Waals surface area (Å²) in [5.74, 6) is 0.710. The van der Waals surface area contributed by atoms with E-state index in [1.54, 1.807) is 19.2 Å². The molecule has 0 spiro atoms. The van der Waals surface area contributed by atoms with Gasteiger partial charge in [0.1, 0.15) is 5.75 Å². The first kappa shape index (κ1) is 15.6. The molecule has 0 bridgehead atoms. The average molecular weight is 326 g/mol. The predicted molar refractivity (Wildman–Crippen MR) is 93.3 cm³/mol. The smallest absolute Gasteiger partial charge is 0.158 e. The van der Waals surface area contributed by atoms with E-state index < -0.39 is 9.84 Å². The van der Waals surface area contributed by atoms with Crippen LogP contribution in [0.25, 0.3) is 10.8 Å². The van der Waals surface area contributed by atoms with E-state index in [1.807, 2.05) is 54.6 Å². The maximum absolute atomic E-state index is 12.6. The molecule has 0 saturated carbocycles. The van der Waals surface area contributed by atoms with Crippen molar-refractivity contribution in [2.45, 2.75) is 11.5 Å². The molecule has 0 heterocycles. The molecule has 4 heteroatoms. The molecule has 118 valence electrons. The summed E-state index contributed by atoms with van der Waals surface area (Å²) in [6.45, 7) is 0. The van der Waals surface area contributed by atoms with Crippen LogP contribution in [0.15, 0.2) is 66.7 Å². The summed E-state index contributed by atoms with van der Waals surface area (Å²) in [4.78, 5) is 0. The molecule has 3 nitrogen and oxygen atoms in total. The molecule has 0 unspecified atom stereocenters.